The van der Waals surface area contributed by atoms with Crippen molar-refractivity contribution < 1.29 is 29.6 Å². The topological polar surface area (TPSA) is 154 Å². The number of carbonyl (C=O) groups excluding carboxylic acids is 1. The molecule has 0 saturated heterocycles. The number of hydrogen-bond acceptors (Lipinski definition) is 7. The molecule has 0 bridgehead atoms. The molecule has 9 nitrogen and oxygen atoms in total. The first-order chi connectivity index (χ1) is 16.0. The maximum absolute atomic E-state index is 12.8. The zero-order valence-electron chi connectivity index (χ0n) is 19.7. The summed E-state index contributed by atoms with van der Waals surface area (Å²) in [6, 6.07) is 3.26. The van der Waals surface area contributed by atoms with Crippen LogP contribution in [0.5, 0.6) is 11.5 Å². The Balaban J connectivity index is 1.88. The molecule has 2 atom stereocenters. The van der Waals surface area contributed by atoms with Gasteiger partial charge < -0.3 is 36.4 Å². The second kappa shape index (κ2) is 9.64. The second-order valence-electron chi connectivity index (χ2n) is 8.77. The molecule has 1 amide bonds. The number of hydrogen-bond donors (Lipinski definition) is 6. The molecule has 1 aromatic carbocycles. The monoisotopic (exact) mass is 469 g/mol. The van der Waals surface area contributed by atoms with Gasteiger partial charge in [0.2, 0.25) is 0 Å². The third-order valence-electron chi connectivity index (χ3n) is 6.10. The Morgan fingerprint density at radius 3 is 2.41 bits per heavy atom. The van der Waals surface area contributed by atoms with Crippen LogP contribution in [-0.4, -0.2) is 45.4 Å². The van der Waals surface area contributed by atoms with Crippen LogP contribution < -0.4 is 16.4 Å². The molecule has 1 aliphatic carbocycles. The minimum atomic E-state index is -1.13. The number of aliphatic carboxylic acids is 1. The van der Waals surface area contributed by atoms with Crippen LogP contribution in [0.2, 0.25) is 0 Å². The van der Waals surface area contributed by atoms with Gasteiger partial charge in [0, 0.05) is 28.6 Å². The van der Waals surface area contributed by atoms with Gasteiger partial charge in [0.15, 0.2) is 0 Å². The first kappa shape index (κ1) is 24.9. The van der Waals surface area contributed by atoms with Gasteiger partial charge >= 0.3 is 5.97 Å². The maximum atomic E-state index is 12.8. The third-order valence-corrected chi connectivity index (χ3v) is 6.10. The van der Waals surface area contributed by atoms with E-state index in [4.69, 9.17) is 10.5 Å². The fraction of sp³-hybridized carbons (Fsp3) is 0.360. The van der Waals surface area contributed by atoms with Gasteiger partial charge in [0.05, 0.1) is 18.3 Å². The lowest BCUT2D eigenvalue weighted by Crippen LogP contribution is -2.47. The molecule has 2 unspecified atom stereocenters. The maximum Gasteiger partial charge on any atom is 0.339 e. The summed E-state index contributed by atoms with van der Waals surface area (Å²) in [6.07, 6.45) is 5.97. The minimum Gasteiger partial charge on any atom is -0.508 e. The molecule has 3 rings (SSSR count). The quantitative estimate of drug-likeness (QED) is 0.340. The van der Waals surface area contributed by atoms with Crippen LogP contribution in [-0.2, 0) is 9.53 Å². The van der Waals surface area contributed by atoms with Crippen molar-refractivity contribution in [2.24, 2.45) is 11.7 Å². The summed E-state index contributed by atoms with van der Waals surface area (Å²) in [5.74, 6) is -2.05. The molecule has 0 aromatic heterocycles. The predicted molar refractivity (Wildman–Crippen MR) is 127 cm³/mol. The average molecular weight is 470 g/mol. The molecule has 1 heterocycles. The number of carboxylic acid groups (broad SMARTS) is 1. The van der Waals surface area contributed by atoms with Crippen LogP contribution in [0.4, 0.5) is 0 Å². The number of nitrogens with one attached hydrogen (secondary N) is 2. The molecule has 2 aliphatic rings. The summed E-state index contributed by atoms with van der Waals surface area (Å²) in [4.78, 5) is 24.6. The van der Waals surface area contributed by atoms with Crippen LogP contribution in [0.1, 0.15) is 44.5 Å². The average Bonchev–Trinajstić information content (AvgIpc) is 2.74. The third kappa shape index (κ3) is 4.79. The highest BCUT2D eigenvalue weighted by Gasteiger charge is 2.41. The normalized spacial score (nSPS) is 20.6. The molecule has 9 heteroatoms. The fourth-order valence-electron chi connectivity index (χ4n) is 4.17. The van der Waals surface area contributed by atoms with Gasteiger partial charge in [-0.15, -0.1) is 0 Å². The van der Waals surface area contributed by atoms with Gasteiger partial charge in [0.1, 0.15) is 22.7 Å². The molecule has 0 saturated carbocycles. The Kier molecular flexibility index (Phi) is 7.07. The first-order valence-corrected chi connectivity index (χ1v) is 11.1. The number of amides is 1. The van der Waals surface area contributed by atoms with E-state index in [1.165, 1.54) is 12.1 Å². The largest absolute Gasteiger partial charge is 0.508 e. The predicted octanol–water partition coefficient (Wildman–Crippen LogP) is 2.65. The summed E-state index contributed by atoms with van der Waals surface area (Å²) >= 11 is 0. The van der Waals surface area contributed by atoms with Crippen molar-refractivity contribution in [2.75, 3.05) is 6.61 Å². The van der Waals surface area contributed by atoms with Gasteiger partial charge in [-0.1, -0.05) is 26.8 Å². The zero-order valence-corrected chi connectivity index (χ0v) is 19.7. The van der Waals surface area contributed by atoms with Crippen LogP contribution in [0.25, 0.3) is 0 Å². The van der Waals surface area contributed by atoms with Gasteiger partial charge in [-0.05, 0) is 43.5 Å². The number of phenols is 2. The highest BCUT2D eigenvalue weighted by molar-refractivity contribution is 5.95. The zero-order chi connectivity index (χ0) is 25.2. The number of carboxylic acids is 1. The second-order valence-corrected chi connectivity index (χ2v) is 8.77. The van der Waals surface area contributed by atoms with E-state index in [-0.39, 0.29) is 40.9 Å². The lowest BCUT2D eigenvalue weighted by Gasteiger charge is -2.40. The molecule has 1 aromatic rings. The molecule has 1 aliphatic heterocycles. The number of carbonyl (C=O) groups is 2. The SMILES string of the molecule is CCC1(OCC(NC(=O)c2cc(O)cc(O)c2)C(C)C)C=CC=C2NC(C)=C(C(=O)O)C(N)=C21. The van der Waals surface area contributed by atoms with Gasteiger partial charge in [-0.2, -0.15) is 0 Å². The van der Waals surface area contributed by atoms with Gasteiger partial charge in [0.25, 0.3) is 5.91 Å². The smallest absolute Gasteiger partial charge is 0.339 e. The Hall–Kier alpha value is -3.72. The lowest BCUT2D eigenvalue weighted by atomic mass is 9.80. The summed E-state index contributed by atoms with van der Waals surface area (Å²) < 4.78 is 6.40. The molecule has 0 radical (unpaired) electrons. The number of phenolic OH excluding ortho intramolecular Hbond substituents is 2. The van der Waals surface area contributed by atoms with E-state index in [9.17, 15) is 24.9 Å². The van der Waals surface area contributed by atoms with Crippen LogP contribution in [0, 0.1) is 5.92 Å². The van der Waals surface area contributed by atoms with Gasteiger partial charge in [-0.3, -0.25) is 4.79 Å². The highest BCUT2D eigenvalue weighted by atomic mass is 16.5. The van der Waals surface area contributed by atoms with Crippen molar-refractivity contribution in [3.8, 4) is 11.5 Å². The van der Waals surface area contributed by atoms with Crippen LogP contribution in [0.3, 0.4) is 0 Å². The van der Waals surface area contributed by atoms with E-state index < -0.39 is 23.5 Å². The number of ether oxygens (including phenoxy) is 1. The standard InChI is InChI=1S/C25H31N3O6/c1-5-25(8-6-7-18-21(25)22(26)20(24(32)33)14(4)27-18)34-12-19(13(2)3)28-23(31)15-9-16(29)11-17(30)10-15/h6-11,13,19,27,29-30H,5,12,26H2,1-4H3,(H,28,31)(H,32,33). The number of allylic oxidation sites excluding steroid dienone is 3. The number of nitrogens with two attached hydrogens (primary N) is 1. The number of aromatic hydroxyl groups is 2. The summed E-state index contributed by atoms with van der Waals surface area (Å²) in [5.41, 5.74) is 7.28. The molecular weight excluding hydrogens is 438 g/mol. The number of rotatable bonds is 8. The number of dihydropyridines is 1. The van der Waals surface area contributed by atoms with E-state index in [0.29, 0.717) is 23.4 Å². The van der Waals surface area contributed by atoms with E-state index in [1.54, 1.807) is 6.92 Å². The van der Waals surface area contributed by atoms with Gasteiger partial charge in [-0.25, -0.2) is 4.79 Å². The molecule has 0 spiro atoms. The summed E-state index contributed by atoms with van der Waals surface area (Å²) in [7, 11) is 0. The lowest BCUT2D eigenvalue weighted by molar-refractivity contribution is -0.132. The van der Waals surface area contributed by atoms with Crippen molar-refractivity contribution >= 4 is 11.9 Å². The van der Waals surface area contributed by atoms with E-state index >= 15 is 0 Å². The molecule has 7 N–H and O–H groups in total. The highest BCUT2D eigenvalue weighted by Crippen LogP contribution is 2.40. The number of fused-ring (bicyclic) bond motifs is 1. The van der Waals surface area contributed by atoms with Crippen LogP contribution in [0.15, 0.2) is 64.7 Å². The summed E-state index contributed by atoms with van der Waals surface area (Å²) in [5, 5.41) is 35.1. The van der Waals surface area contributed by atoms with E-state index in [2.05, 4.69) is 10.6 Å². The Labute approximate surface area is 198 Å². The van der Waals surface area contributed by atoms with E-state index in [0.717, 1.165) is 6.07 Å². The molecule has 34 heavy (non-hydrogen) atoms. The van der Waals surface area contributed by atoms with Crippen molar-refractivity contribution in [1.82, 2.24) is 10.6 Å². The van der Waals surface area contributed by atoms with Crippen molar-refractivity contribution in [3.05, 3.63) is 70.2 Å². The molecule has 0 fully saturated rings. The van der Waals surface area contributed by atoms with Crippen molar-refractivity contribution in [1.29, 1.82) is 0 Å². The van der Waals surface area contributed by atoms with Crippen molar-refractivity contribution in [2.45, 2.75) is 45.8 Å². The number of benzene rings is 1. The Morgan fingerprint density at radius 1 is 1.21 bits per heavy atom. The first-order valence-electron chi connectivity index (χ1n) is 11.1. The Bertz CT molecular complexity index is 1110. The van der Waals surface area contributed by atoms with Crippen molar-refractivity contribution in [3.63, 3.8) is 0 Å². The minimum absolute atomic E-state index is 0.00119. The van der Waals surface area contributed by atoms with Crippen LogP contribution >= 0.6 is 0 Å². The molecular formula is C25H31N3O6. The fourth-order valence-corrected chi connectivity index (χ4v) is 4.17. The molecule has 182 valence electrons. The Morgan fingerprint density at radius 2 is 1.85 bits per heavy atom. The summed E-state index contributed by atoms with van der Waals surface area (Å²) in [6.45, 7) is 7.54. The van der Waals surface area contributed by atoms with E-state index in [1.807, 2.05) is 39.0 Å².